The van der Waals surface area contributed by atoms with Crippen LogP contribution in [0.2, 0.25) is 0 Å². The number of carbonyl (C=O) groups is 1. The number of nitrogens with one attached hydrogen (secondary N) is 1. The van der Waals surface area contributed by atoms with Crippen molar-refractivity contribution in [1.29, 1.82) is 0 Å². The molecule has 1 rings (SSSR count). The summed E-state index contributed by atoms with van der Waals surface area (Å²) < 4.78 is 0.939. The van der Waals surface area contributed by atoms with Crippen molar-refractivity contribution in [3.8, 4) is 0 Å². The number of carbonyl (C=O) groups excluding carboxylic acids is 1. The minimum Gasteiger partial charge on any atom is -0.352 e. The molecular weight excluding hydrogens is 230 g/mol. The summed E-state index contributed by atoms with van der Waals surface area (Å²) in [6.45, 7) is 4.53. The molecule has 0 bridgehead atoms. The number of aryl methyl sites for hydroxylation is 1. The van der Waals surface area contributed by atoms with E-state index < -0.39 is 0 Å². The van der Waals surface area contributed by atoms with Gasteiger partial charge in [0.1, 0.15) is 0 Å². The van der Waals surface area contributed by atoms with Crippen molar-refractivity contribution in [2.24, 2.45) is 0 Å². The van der Waals surface area contributed by atoms with Gasteiger partial charge in [-0.05, 0) is 37.6 Å². The lowest BCUT2D eigenvalue weighted by atomic mass is 10.1. The van der Waals surface area contributed by atoms with E-state index in [-0.39, 0.29) is 5.91 Å². The van der Waals surface area contributed by atoms with E-state index in [0.29, 0.717) is 12.1 Å². The zero-order chi connectivity index (χ0) is 9.84. The Morgan fingerprint density at radius 2 is 2.15 bits per heavy atom. The fourth-order valence-electron chi connectivity index (χ4n) is 1.13. The Morgan fingerprint density at radius 1 is 1.46 bits per heavy atom. The van der Waals surface area contributed by atoms with E-state index in [2.05, 4.69) is 21.2 Å². The van der Waals surface area contributed by atoms with E-state index in [0.717, 1.165) is 10.0 Å². The molecule has 0 aliphatic heterocycles. The second-order valence-corrected chi connectivity index (χ2v) is 3.79. The summed E-state index contributed by atoms with van der Waals surface area (Å²) in [6.07, 6.45) is 0. The van der Waals surface area contributed by atoms with Gasteiger partial charge in [-0.3, -0.25) is 4.79 Å². The van der Waals surface area contributed by atoms with Crippen molar-refractivity contribution < 1.29 is 4.79 Å². The molecule has 0 spiro atoms. The first-order chi connectivity index (χ1) is 6.13. The molecule has 2 nitrogen and oxygen atoms in total. The Labute approximate surface area is 86.5 Å². The lowest BCUT2D eigenvalue weighted by molar-refractivity contribution is 0.0955. The third-order valence-electron chi connectivity index (χ3n) is 1.64. The molecule has 0 heterocycles. The number of hydrogen-bond donors (Lipinski definition) is 1. The first-order valence-corrected chi connectivity index (χ1v) is 4.98. The Bertz CT molecular complexity index is 302. The SMILES string of the molecule is CCNC(=O)c1cc(C)cc(Br)c1. The van der Waals surface area contributed by atoms with Crippen LogP contribution in [0.4, 0.5) is 0 Å². The van der Waals surface area contributed by atoms with Crippen LogP contribution in [-0.4, -0.2) is 12.5 Å². The zero-order valence-corrected chi connectivity index (χ0v) is 9.31. The summed E-state index contributed by atoms with van der Waals surface area (Å²) in [7, 11) is 0. The summed E-state index contributed by atoms with van der Waals surface area (Å²) in [5.41, 5.74) is 1.78. The van der Waals surface area contributed by atoms with Crippen molar-refractivity contribution in [2.75, 3.05) is 6.54 Å². The molecule has 0 saturated carbocycles. The molecule has 1 aromatic rings. The van der Waals surface area contributed by atoms with E-state index in [9.17, 15) is 4.79 Å². The van der Waals surface area contributed by atoms with E-state index in [1.807, 2.05) is 32.0 Å². The normalized spacial score (nSPS) is 9.77. The summed E-state index contributed by atoms with van der Waals surface area (Å²) >= 11 is 3.35. The average Bonchev–Trinajstić information content (AvgIpc) is 2.03. The van der Waals surface area contributed by atoms with Crippen molar-refractivity contribution in [3.05, 3.63) is 33.8 Å². The highest BCUT2D eigenvalue weighted by Crippen LogP contribution is 2.14. The standard InChI is InChI=1S/C10H12BrNO/c1-3-12-10(13)8-4-7(2)5-9(11)6-8/h4-6H,3H2,1-2H3,(H,12,13). The van der Waals surface area contributed by atoms with Crippen molar-refractivity contribution >= 4 is 21.8 Å². The molecule has 0 aliphatic carbocycles. The number of rotatable bonds is 2. The molecule has 0 fully saturated rings. The van der Waals surface area contributed by atoms with Gasteiger partial charge >= 0.3 is 0 Å². The smallest absolute Gasteiger partial charge is 0.251 e. The van der Waals surface area contributed by atoms with Gasteiger partial charge in [-0.2, -0.15) is 0 Å². The van der Waals surface area contributed by atoms with Crippen molar-refractivity contribution in [1.82, 2.24) is 5.32 Å². The lowest BCUT2D eigenvalue weighted by Crippen LogP contribution is -2.22. The monoisotopic (exact) mass is 241 g/mol. The molecule has 0 aromatic heterocycles. The van der Waals surface area contributed by atoms with Gasteiger partial charge in [-0.15, -0.1) is 0 Å². The minimum atomic E-state index is -0.0214. The maximum absolute atomic E-state index is 11.4. The zero-order valence-electron chi connectivity index (χ0n) is 7.73. The van der Waals surface area contributed by atoms with Crippen LogP contribution in [0.3, 0.4) is 0 Å². The first-order valence-electron chi connectivity index (χ1n) is 4.19. The summed E-state index contributed by atoms with van der Waals surface area (Å²) in [5, 5.41) is 2.76. The van der Waals surface area contributed by atoms with Gasteiger partial charge in [0, 0.05) is 16.6 Å². The van der Waals surface area contributed by atoms with Gasteiger partial charge in [-0.25, -0.2) is 0 Å². The van der Waals surface area contributed by atoms with E-state index in [4.69, 9.17) is 0 Å². The second-order valence-electron chi connectivity index (χ2n) is 2.88. The summed E-state index contributed by atoms with van der Waals surface area (Å²) in [4.78, 5) is 11.4. The molecule has 1 N–H and O–H groups in total. The van der Waals surface area contributed by atoms with Gasteiger partial charge < -0.3 is 5.32 Å². The number of hydrogen-bond acceptors (Lipinski definition) is 1. The highest BCUT2D eigenvalue weighted by atomic mass is 79.9. The maximum atomic E-state index is 11.4. The van der Waals surface area contributed by atoms with E-state index in [1.54, 1.807) is 0 Å². The van der Waals surface area contributed by atoms with E-state index >= 15 is 0 Å². The fraction of sp³-hybridized carbons (Fsp3) is 0.300. The summed E-state index contributed by atoms with van der Waals surface area (Å²) in [6, 6.07) is 5.66. The molecule has 0 aliphatic rings. The van der Waals surface area contributed by atoms with Crippen LogP contribution in [0.5, 0.6) is 0 Å². The fourth-order valence-corrected chi connectivity index (χ4v) is 1.74. The van der Waals surface area contributed by atoms with Crippen LogP contribution in [0.25, 0.3) is 0 Å². The quantitative estimate of drug-likeness (QED) is 0.848. The topological polar surface area (TPSA) is 29.1 Å². The van der Waals surface area contributed by atoms with Gasteiger partial charge in [-0.1, -0.05) is 15.9 Å². The average molecular weight is 242 g/mol. The molecule has 13 heavy (non-hydrogen) atoms. The highest BCUT2D eigenvalue weighted by molar-refractivity contribution is 9.10. The molecular formula is C10H12BrNO. The van der Waals surface area contributed by atoms with Crippen LogP contribution in [0.1, 0.15) is 22.8 Å². The Balaban J connectivity index is 2.94. The van der Waals surface area contributed by atoms with Crippen molar-refractivity contribution in [2.45, 2.75) is 13.8 Å². The Hall–Kier alpha value is -0.830. The van der Waals surface area contributed by atoms with Crippen molar-refractivity contribution in [3.63, 3.8) is 0 Å². The predicted molar refractivity (Wildman–Crippen MR) is 56.9 cm³/mol. The third kappa shape index (κ3) is 2.84. The van der Waals surface area contributed by atoms with Gasteiger partial charge in [0.15, 0.2) is 0 Å². The van der Waals surface area contributed by atoms with Crippen LogP contribution in [-0.2, 0) is 0 Å². The number of halogens is 1. The van der Waals surface area contributed by atoms with Gasteiger partial charge in [0.2, 0.25) is 0 Å². The second kappa shape index (κ2) is 4.42. The Kier molecular flexibility index (Phi) is 3.48. The van der Waals surface area contributed by atoms with Crippen LogP contribution >= 0.6 is 15.9 Å². The number of amides is 1. The predicted octanol–water partition coefficient (Wildman–Crippen LogP) is 2.51. The molecule has 70 valence electrons. The van der Waals surface area contributed by atoms with Gasteiger partial charge in [0.05, 0.1) is 0 Å². The maximum Gasteiger partial charge on any atom is 0.251 e. The Morgan fingerprint density at radius 3 is 2.69 bits per heavy atom. The number of benzene rings is 1. The molecule has 1 aromatic carbocycles. The molecule has 0 atom stereocenters. The van der Waals surface area contributed by atoms with Crippen LogP contribution < -0.4 is 5.32 Å². The summed E-state index contributed by atoms with van der Waals surface area (Å²) in [5.74, 6) is -0.0214. The molecule has 0 saturated heterocycles. The largest absolute Gasteiger partial charge is 0.352 e. The van der Waals surface area contributed by atoms with Crippen LogP contribution in [0, 0.1) is 6.92 Å². The molecule has 3 heteroatoms. The first kappa shape index (κ1) is 10.3. The lowest BCUT2D eigenvalue weighted by Gasteiger charge is -2.03. The van der Waals surface area contributed by atoms with Gasteiger partial charge in [0.25, 0.3) is 5.91 Å². The molecule has 0 unspecified atom stereocenters. The van der Waals surface area contributed by atoms with E-state index in [1.165, 1.54) is 0 Å². The molecule has 0 radical (unpaired) electrons. The highest BCUT2D eigenvalue weighted by Gasteiger charge is 2.04. The third-order valence-corrected chi connectivity index (χ3v) is 2.10. The van der Waals surface area contributed by atoms with Crippen LogP contribution in [0.15, 0.2) is 22.7 Å². The molecule has 1 amide bonds. The minimum absolute atomic E-state index is 0.0214.